The van der Waals surface area contributed by atoms with Crippen LogP contribution in [-0.2, 0) is 0 Å². The van der Waals surface area contributed by atoms with Gasteiger partial charge in [-0.05, 0) is 18.6 Å². The number of aromatic hydroxyl groups is 1. The second kappa shape index (κ2) is 3.57. The highest BCUT2D eigenvalue weighted by molar-refractivity contribution is 5.93. The molecule has 0 bridgehead atoms. The lowest BCUT2D eigenvalue weighted by Crippen LogP contribution is -2.15. The van der Waals surface area contributed by atoms with Crippen LogP contribution in [0.25, 0.3) is 0 Å². The van der Waals surface area contributed by atoms with E-state index in [-0.39, 0.29) is 5.56 Å². The summed E-state index contributed by atoms with van der Waals surface area (Å²) < 4.78 is 24.6. The fourth-order valence-electron chi connectivity index (χ4n) is 1.02. The van der Waals surface area contributed by atoms with Crippen LogP contribution < -0.4 is 5.73 Å². The number of hydrogen-bond acceptors (Lipinski definition) is 3. The first-order valence-electron chi connectivity index (χ1n) is 3.72. The standard InChI is InChI=1S/C8H8F2N2O2/c1-3-2-4(13)6(8(11)14)12-5(3)7(9)10/h2,7,13H,1H3,(H2,11,14). The Hall–Kier alpha value is -1.72. The fraction of sp³-hybridized carbons (Fsp3) is 0.250. The summed E-state index contributed by atoms with van der Waals surface area (Å²) in [6.07, 6.45) is -2.80. The van der Waals surface area contributed by atoms with Crippen molar-refractivity contribution >= 4 is 5.91 Å². The maximum absolute atomic E-state index is 12.3. The molecule has 4 nitrogen and oxygen atoms in total. The van der Waals surface area contributed by atoms with Gasteiger partial charge in [0.1, 0.15) is 11.4 Å². The van der Waals surface area contributed by atoms with E-state index in [0.717, 1.165) is 6.07 Å². The number of hydrogen-bond donors (Lipinski definition) is 2. The number of aromatic nitrogens is 1. The maximum atomic E-state index is 12.3. The van der Waals surface area contributed by atoms with Crippen LogP contribution in [0.5, 0.6) is 5.75 Å². The van der Waals surface area contributed by atoms with E-state index in [1.807, 2.05) is 0 Å². The Morgan fingerprint density at radius 2 is 2.21 bits per heavy atom. The highest BCUT2D eigenvalue weighted by Crippen LogP contribution is 2.25. The largest absolute Gasteiger partial charge is 0.505 e. The van der Waals surface area contributed by atoms with E-state index in [4.69, 9.17) is 10.8 Å². The molecular formula is C8H8F2N2O2. The molecule has 0 aliphatic heterocycles. The predicted molar refractivity (Wildman–Crippen MR) is 44.1 cm³/mol. The lowest BCUT2D eigenvalue weighted by atomic mass is 10.2. The van der Waals surface area contributed by atoms with Crippen LogP contribution in [0.4, 0.5) is 8.78 Å². The number of amides is 1. The molecular weight excluding hydrogens is 194 g/mol. The van der Waals surface area contributed by atoms with Gasteiger partial charge in [-0.2, -0.15) is 0 Å². The molecule has 1 rings (SSSR count). The predicted octanol–water partition coefficient (Wildman–Crippen LogP) is 1.13. The van der Waals surface area contributed by atoms with E-state index in [9.17, 15) is 13.6 Å². The summed E-state index contributed by atoms with van der Waals surface area (Å²) in [6.45, 7) is 1.36. The summed E-state index contributed by atoms with van der Waals surface area (Å²) >= 11 is 0. The highest BCUT2D eigenvalue weighted by atomic mass is 19.3. The van der Waals surface area contributed by atoms with Gasteiger partial charge in [0, 0.05) is 0 Å². The monoisotopic (exact) mass is 202 g/mol. The van der Waals surface area contributed by atoms with Gasteiger partial charge in [0.15, 0.2) is 5.69 Å². The van der Waals surface area contributed by atoms with Gasteiger partial charge >= 0.3 is 0 Å². The number of primary amides is 1. The number of carbonyl (C=O) groups is 1. The Morgan fingerprint density at radius 1 is 1.64 bits per heavy atom. The normalized spacial score (nSPS) is 10.6. The second-order valence-corrected chi connectivity index (χ2v) is 2.72. The first-order chi connectivity index (χ1) is 6.43. The molecule has 0 unspecified atom stereocenters. The van der Waals surface area contributed by atoms with Crippen LogP contribution in [0.3, 0.4) is 0 Å². The van der Waals surface area contributed by atoms with Crippen LogP contribution in [0, 0.1) is 6.92 Å². The van der Waals surface area contributed by atoms with Crippen molar-refractivity contribution in [3.63, 3.8) is 0 Å². The van der Waals surface area contributed by atoms with E-state index in [1.165, 1.54) is 6.92 Å². The molecule has 0 spiro atoms. The summed E-state index contributed by atoms with van der Waals surface area (Å²) in [5.74, 6) is -1.52. The van der Waals surface area contributed by atoms with Crippen LogP contribution in [0.2, 0.25) is 0 Å². The van der Waals surface area contributed by atoms with E-state index in [0.29, 0.717) is 0 Å². The van der Waals surface area contributed by atoms with Crippen molar-refractivity contribution in [3.05, 3.63) is 23.0 Å². The smallest absolute Gasteiger partial charge is 0.280 e. The number of halogens is 2. The SMILES string of the molecule is Cc1cc(O)c(C(N)=O)nc1C(F)F. The molecule has 0 saturated heterocycles. The van der Waals surface area contributed by atoms with Crippen LogP contribution in [0.1, 0.15) is 28.2 Å². The molecule has 1 aromatic heterocycles. The molecule has 6 heteroatoms. The molecule has 76 valence electrons. The van der Waals surface area contributed by atoms with Gasteiger partial charge in [-0.25, -0.2) is 13.8 Å². The topological polar surface area (TPSA) is 76.2 Å². The highest BCUT2D eigenvalue weighted by Gasteiger charge is 2.18. The van der Waals surface area contributed by atoms with Crippen molar-refractivity contribution in [1.82, 2.24) is 4.98 Å². The lowest BCUT2D eigenvalue weighted by Gasteiger charge is -2.06. The van der Waals surface area contributed by atoms with Gasteiger partial charge in [0.2, 0.25) is 0 Å². The molecule has 1 heterocycles. The van der Waals surface area contributed by atoms with Crippen LogP contribution >= 0.6 is 0 Å². The van der Waals surface area contributed by atoms with Gasteiger partial charge < -0.3 is 10.8 Å². The number of nitrogens with two attached hydrogens (primary N) is 1. The van der Waals surface area contributed by atoms with E-state index < -0.39 is 29.5 Å². The maximum Gasteiger partial charge on any atom is 0.280 e. The van der Waals surface area contributed by atoms with Crippen molar-refractivity contribution < 1.29 is 18.7 Å². The number of alkyl halides is 2. The Balaban J connectivity index is 3.34. The molecule has 0 atom stereocenters. The molecule has 1 aromatic rings. The summed E-state index contributed by atoms with van der Waals surface area (Å²) in [7, 11) is 0. The minimum absolute atomic E-state index is 0.113. The first kappa shape index (κ1) is 10.4. The molecule has 1 amide bonds. The van der Waals surface area contributed by atoms with Gasteiger partial charge in [0.05, 0.1) is 0 Å². The Bertz CT molecular complexity index is 380. The number of nitrogens with zero attached hydrogens (tertiary/aromatic N) is 1. The van der Waals surface area contributed by atoms with E-state index in [1.54, 1.807) is 0 Å². The van der Waals surface area contributed by atoms with E-state index >= 15 is 0 Å². The number of aryl methyl sites for hydroxylation is 1. The first-order valence-corrected chi connectivity index (χ1v) is 3.72. The van der Waals surface area contributed by atoms with Gasteiger partial charge in [-0.1, -0.05) is 0 Å². The molecule has 0 radical (unpaired) electrons. The third-order valence-electron chi connectivity index (χ3n) is 1.67. The zero-order valence-electron chi connectivity index (χ0n) is 7.29. The summed E-state index contributed by atoms with van der Waals surface area (Å²) in [5.41, 5.74) is 3.86. The number of pyridine rings is 1. The average molecular weight is 202 g/mol. The van der Waals surface area contributed by atoms with Crippen molar-refractivity contribution in [2.24, 2.45) is 5.73 Å². The minimum Gasteiger partial charge on any atom is -0.505 e. The Labute approximate surface area is 78.4 Å². The van der Waals surface area contributed by atoms with Gasteiger partial charge in [-0.3, -0.25) is 4.79 Å². The molecule has 0 aromatic carbocycles. The molecule has 0 saturated carbocycles. The fourth-order valence-corrected chi connectivity index (χ4v) is 1.02. The van der Waals surface area contributed by atoms with Crippen LogP contribution in [-0.4, -0.2) is 16.0 Å². The molecule has 0 fully saturated rings. The zero-order valence-corrected chi connectivity index (χ0v) is 7.29. The minimum atomic E-state index is -2.80. The van der Waals surface area contributed by atoms with Crippen molar-refractivity contribution in [2.45, 2.75) is 13.3 Å². The van der Waals surface area contributed by atoms with Crippen molar-refractivity contribution in [2.75, 3.05) is 0 Å². The molecule has 14 heavy (non-hydrogen) atoms. The van der Waals surface area contributed by atoms with Gasteiger partial charge in [0.25, 0.3) is 12.3 Å². The number of rotatable bonds is 2. The zero-order chi connectivity index (χ0) is 10.9. The molecule has 0 aliphatic rings. The second-order valence-electron chi connectivity index (χ2n) is 2.72. The Morgan fingerprint density at radius 3 is 2.64 bits per heavy atom. The summed E-state index contributed by atoms with van der Waals surface area (Å²) in [5, 5.41) is 9.16. The lowest BCUT2D eigenvalue weighted by molar-refractivity contribution is 0.0990. The third-order valence-corrected chi connectivity index (χ3v) is 1.67. The van der Waals surface area contributed by atoms with Crippen LogP contribution in [0.15, 0.2) is 6.07 Å². The van der Waals surface area contributed by atoms with Gasteiger partial charge in [-0.15, -0.1) is 0 Å². The van der Waals surface area contributed by atoms with E-state index in [2.05, 4.69) is 4.98 Å². The average Bonchev–Trinajstić information content (AvgIpc) is 2.02. The quantitative estimate of drug-likeness (QED) is 0.754. The third kappa shape index (κ3) is 1.78. The molecule has 3 N–H and O–H groups in total. The van der Waals surface area contributed by atoms with Crippen molar-refractivity contribution in [1.29, 1.82) is 0 Å². The summed E-state index contributed by atoms with van der Waals surface area (Å²) in [6, 6.07) is 1.04. The summed E-state index contributed by atoms with van der Waals surface area (Å²) in [4.78, 5) is 14.0. The number of carbonyl (C=O) groups excluding carboxylic acids is 1. The van der Waals surface area contributed by atoms with Crippen molar-refractivity contribution in [3.8, 4) is 5.75 Å². The Kier molecular flexibility index (Phi) is 2.64. The molecule has 0 aliphatic carbocycles.